The van der Waals surface area contributed by atoms with Crippen LogP contribution in [-0.2, 0) is 10.0 Å². The second-order valence-electron chi connectivity index (χ2n) is 3.88. The average Bonchev–Trinajstić information content (AvgIpc) is 2.71. The summed E-state index contributed by atoms with van der Waals surface area (Å²) >= 11 is 0.865. The summed E-state index contributed by atoms with van der Waals surface area (Å²) in [5.41, 5.74) is 5.98. The maximum atomic E-state index is 13.3. The molecule has 0 aliphatic rings. The smallest absolute Gasteiger partial charge is 0.273 e. The van der Waals surface area contributed by atoms with Crippen molar-refractivity contribution in [3.63, 3.8) is 0 Å². The van der Waals surface area contributed by atoms with E-state index in [-0.39, 0.29) is 20.8 Å². The van der Waals surface area contributed by atoms with Gasteiger partial charge in [-0.15, -0.1) is 0 Å². The Morgan fingerprint density at radius 3 is 2.70 bits per heavy atom. The number of nitrogen functional groups attached to an aromatic ring is 1. The standard InChI is InChI=1S/C11H12FN3O3S2/c1-6-10(19-11(13)14-6)20(16,17)15-7-3-4-8(12)9(5-7)18-2/h3-5,15H,1-2H3,(H2,13,14). The molecule has 0 fully saturated rings. The number of ether oxygens (including phenoxy) is 1. The lowest BCUT2D eigenvalue weighted by Gasteiger charge is -2.08. The number of halogens is 1. The van der Waals surface area contributed by atoms with Crippen molar-refractivity contribution >= 4 is 32.2 Å². The number of methoxy groups -OCH3 is 1. The van der Waals surface area contributed by atoms with E-state index in [9.17, 15) is 12.8 Å². The SMILES string of the molecule is COc1cc(NS(=O)(=O)c2sc(N)nc2C)ccc1F. The topological polar surface area (TPSA) is 94.3 Å². The maximum absolute atomic E-state index is 13.3. The first-order valence-electron chi connectivity index (χ1n) is 5.43. The van der Waals surface area contributed by atoms with Crippen LogP contribution < -0.4 is 15.2 Å². The van der Waals surface area contributed by atoms with Crippen molar-refractivity contribution in [1.82, 2.24) is 4.98 Å². The predicted molar refractivity (Wildman–Crippen MR) is 75.0 cm³/mol. The fraction of sp³-hybridized carbons (Fsp3) is 0.182. The highest BCUT2D eigenvalue weighted by Crippen LogP contribution is 2.28. The van der Waals surface area contributed by atoms with Gasteiger partial charge in [0.2, 0.25) is 0 Å². The first kappa shape index (κ1) is 14.5. The van der Waals surface area contributed by atoms with E-state index in [4.69, 9.17) is 10.5 Å². The number of nitrogens with two attached hydrogens (primary N) is 1. The molecule has 0 atom stereocenters. The van der Waals surface area contributed by atoms with Crippen LogP contribution in [0.1, 0.15) is 5.69 Å². The predicted octanol–water partition coefficient (Wildman–Crippen LogP) is 1.98. The van der Waals surface area contributed by atoms with E-state index in [0.29, 0.717) is 5.69 Å². The van der Waals surface area contributed by atoms with Crippen molar-refractivity contribution in [2.24, 2.45) is 0 Å². The highest BCUT2D eigenvalue weighted by molar-refractivity contribution is 7.94. The first-order chi connectivity index (χ1) is 9.33. The molecule has 2 rings (SSSR count). The number of rotatable bonds is 4. The zero-order chi connectivity index (χ0) is 14.9. The van der Waals surface area contributed by atoms with Crippen LogP contribution in [0.4, 0.5) is 15.2 Å². The number of aromatic nitrogens is 1. The summed E-state index contributed by atoms with van der Waals surface area (Å²) in [5.74, 6) is -0.626. The molecule has 1 aromatic carbocycles. The van der Waals surface area contributed by atoms with Crippen LogP contribution in [0.3, 0.4) is 0 Å². The Balaban J connectivity index is 2.36. The van der Waals surface area contributed by atoms with E-state index in [1.165, 1.54) is 19.2 Å². The Labute approximate surface area is 119 Å². The molecule has 1 aromatic heterocycles. The van der Waals surface area contributed by atoms with E-state index in [2.05, 4.69) is 9.71 Å². The number of hydrogen-bond acceptors (Lipinski definition) is 6. The number of sulfonamides is 1. The fourth-order valence-electron chi connectivity index (χ4n) is 1.58. The molecule has 9 heteroatoms. The molecule has 6 nitrogen and oxygen atoms in total. The number of benzene rings is 1. The second-order valence-corrected chi connectivity index (χ2v) is 6.79. The van der Waals surface area contributed by atoms with E-state index >= 15 is 0 Å². The highest BCUT2D eigenvalue weighted by atomic mass is 32.2. The van der Waals surface area contributed by atoms with Gasteiger partial charge >= 0.3 is 0 Å². The van der Waals surface area contributed by atoms with Crippen LogP contribution in [0.5, 0.6) is 5.75 Å². The van der Waals surface area contributed by atoms with Crippen molar-refractivity contribution in [1.29, 1.82) is 0 Å². The fourth-order valence-corrected chi connectivity index (χ4v) is 3.93. The van der Waals surface area contributed by atoms with Gasteiger partial charge < -0.3 is 10.5 Å². The Hall–Kier alpha value is -1.87. The van der Waals surface area contributed by atoms with Crippen molar-refractivity contribution in [3.8, 4) is 5.75 Å². The van der Waals surface area contributed by atoms with Gasteiger partial charge in [-0.2, -0.15) is 0 Å². The number of thiazole rings is 1. The Bertz CT molecular complexity index is 743. The molecule has 108 valence electrons. The molecule has 0 amide bonds. The van der Waals surface area contributed by atoms with Crippen LogP contribution in [0.25, 0.3) is 0 Å². The lowest BCUT2D eigenvalue weighted by Crippen LogP contribution is -2.12. The number of aryl methyl sites for hydroxylation is 1. The lowest BCUT2D eigenvalue weighted by molar-refractivity contribution is 0.387. The third-order valence-electron chi connectivity index (χ3n) is 2.42. The summed E-state index contributed by atoms with van der Waals surface area (Å²) < 4.78 is 44.8. The molecule has 0 unspecified atom stereocenters. The van der Waals surface area contributed by atoms with E-state index in [0.717, 1.165) is 17.4 Å². The molecule has 0 saturated carbocycles. The quantitative estimate of drug-likeness (QED) is 0.899. The summed E-state index contributed by atoms with van der Waals surface area (Å²) in [6.07, 6.45) is 0. The molecule has 3 N–H and O–H groups in total. The summed E-state index contributed by atoms with van der Waals surface area (Å²) in [7, 11) is -2.52. The molecule has 0 saturated heterocycles. The minimum atomic E-state index is -3.81. The van der Waals surface area contributed by atoms with Gasteiger partial charge in [-0.05, 0) is 19.1 Å². The minimum absolute atomic E-state index is 0.0262. The third kappa shape index (κ3) is 2.83. The normalized spacial score (nSPS) is 11.3. The third-order valence-corrected chi connectivity index (χ3v) is 5.40. The summed E-state index contributed by atoms with van der Waals surface area (Å²) in [6, 6.07) is 3.67. The van der Waals surface area contributed by atoms with Gasteiger partial charge in [-0.25, -0.2) is 17.8 Å². The van der Waals surface area contributed by atoms with Crippen LogP contribution in [0.2, 0.25) is 0 Å². The molecule has 0 aliphatic heterocycles. The Morgan fingerprint density at radius 2 is 2.15 bits per heavy atom. The summed E-state index contributed by atoms with van der Waals surface area (Å²) in [6.45, 7) is 1.55. The first-order valence-corrected chi connectivity index (χ1v) is 7.72. The molecule has 0 radical (unpaired) electrons. The highest BCUT2D eigenvalue weighted by Gasteiger charge is 2.21. The van der Waals surface area contributed by atoms with Gasteiger partial charge in [-0.3, -0.25) is 4.72 Å². The maximum Gasteiger partial charge on any atom is 0.273 e. The Kier molecular flexibility index (Phi) is 3.82. The van der Waals surface area contributed by atoms with Crippen molar-refractivity contribution in [3.05, 3.63) is 29.7 Å². The number of nitrogens with zero attached hydrogens (tertiary/aromatic N) is 1. The molecule has 2 aromatic rings. The van der Waals surface area contributed by atoms with Crippen molar-refractivity contribution in [2.45, 2.75) is 11.1 Å². The van der Waals surface area contributed by atoms with Crippen LogP contribution >= 0.6 is 11.3 Å². The van der Waals surface area contributed by atoms with Gasteiger partial charge in [0.1, 0.15) is 0 Å². The van der Waals surface area contributed by atoms with Gasteiger partial charge in [0.25, 0.3) is 10.0 Å². The largest absolute Gasteiger partial charge is 0.494 e. The van der Waals surface area contributed by atoms with Crippen LogP contribution in [0, 0.1) is 12.7 Å². The molecule has 0 bridgehead atoms. The molecular weight excluding hydrogens is 305 g/mol. The number of nitrogens with one attached hydrogen (secondary N) is 1. The van der Waals surface area contributed by atoms with E-state index in [1.807, 2.05) is 0 Å². The molecular formula is C11H12FN3O3S2. The van der Waals surface area contributed by atoms with Crippen LogP contribution in [0.15, 0.2) is 22.4 Å². The van der Waals surface area contributed by atoms with Crippen molar-refractivity contribution < 1.29 is 17.5 Å². The zero-order valence-electron chi connectivity index (χ0n) is 10.7. The van der Waals surface area contributed by atoms with Gasteiger partial charge in [-0.1, -0.05) is 11.3 Å². The van der Waals surface area contributed by atoms with Gasteiger partial charge in [0.05, 0.1) is 18.5 Å². The van der Waals surface area contributed by atoms with Gasteiger partial charge in [0.15, 0.2) is 20.9 Å². The summed E-state index contributed by atoms with van der Waals surface area (Å²) in [4.78, 5) is 3.86. The van der Waals surface area contributed by atoms with Gasteiger partial charge in [0, 0.05) is 6.07 Å². The minimum Gasteiger partial charge on any atom is -0.494 e. The lowest BCUT2D eigenvalue weighted by atomic mass is 10.3. The average molecular weight is 317 g/mol. The summed E-state index contributed by atoms with van der Waals surface area (Å²) in [5, 5.41) is 0.166. The molecule has 20 heavy (non-hydrogen) atoms. The van der Waals surface area contributed by atoms with Crippen molar-refractivity contribution in [2.75, 3.05) is 17.6 Å². The number of anilines is 2. The molecule has 0 spiro atoms. The molecule has 0 aliphatic carbocycles. The second kappa shape index (κ2) is 5.25. The zero-order valence-corrected chi connectivity index (χ0v) is 12.3. The van der Waals surface area contributed by atoms with E-state index in [1.54, 1.807) is 6.92 Å². The Morgan fingerprint density at radius 1 is 1.45 bits per heavy atom. The van der Waals surface area contributed by atoms with E-state index < -0.39 is 15.8 Å². The van der Waals surface area contributed by atoms with Crippen LogP contribution in [-0.4, -0.2) is 20.5 Å². The monoisotopic (exact) mass is 317 g/mol. The number of hydrogen-bond donors (Lipinski definition) is 2. The molecule has 1 heterocycles.